The van der Waals surface area contributed by atoms with E-state index in [0.29, 0.717) is 6.54 Å². The Bertz CT molecular complexity index is 151. The predicted octanol–water partition coefficient (Wildman–Crippen LogP) is 2.35. The van der Waals surface area contributed by atoms with Gasteiger partial charge in [0.05, 0.1) is 5.92 Å². The Balaban J connectivity index is 0.00000121. The second-order valence-corrected chi connectivity index (χ2v) is 3.66. The Hall–Kier alpha value is 0.0400. The summed E-state index contributed by atoms with van der Waals surface area (Å²) >= 11 is 0. The van der Waals surface area contributed by atoms with Crippen LogP contribution in [0.15, 0.2) is 0 Å². The molecule has 0 aromatic carbocycles. The van der Waals surface area contributed by atoms with Gasteiger partial charge in [-0.2, -0.15) is 13.2 Å². The SMILES string of the molecule is CC1(CN)CC(C(F)(F)F)C1.Cl. The largest absolute Gasteiger partial charge is 0.391 e. The zero-order chi connectivity index (χ0) is 8.70. The van der Waals surface area contributed by atoms with Gasteiger partial charge < -0.3 is 5.73 Å². The number of alkyl halides is 3. The van der Waals surface area contributed by atoms with Crippen molar-refractivity contribution in [2.24, 2.45) is 17.1 Å². The number of hydrogen-bond acceptors (Lipinski definition) is 1. The standard InChI is InChI=1S/C7H12F3N.ClH/c1-6(4-11)2-5(3-6)7(8,9)10;/h5H,2-4,11H2,1H3;1H. The van der Waals surface area contributed by atoms with E-state index in [1.807, 2.05) is 0 Å². The molecule has 1 nitrogen and oxygen atoms in total. The lowest BCUT2D eigenvalue weighted by Gasteiger charge is -2.45. The Morgan fingerprint density at radius 1 is 1.42 bits per heavy atom. The highest BCUT2D eigenvalue weighted by atomic mass is 35.5. The summed E-state index contributed by atoms with van der Waals surface area (Å²) in [5.74, 6) is -1.10. The first kappa shape index (κ1) is 12.0. The van der Waals surface area contributed by atoms with Crippen molar-refractivity contribution in [1.29, 1.82) is 0 Å². The van der Waals surface area contributed by atoms with Gasteiger partial charge >= 0.3 is 6.18 Å². The van der Waals surface area contributed by atoms with Crippen LogP contribution in [0.4, 0.5) is 13.2 Å². The Morgan fingerprint density at radius 2 is 1.83 bits per heavy atom. The highest BCUT2D eigenvalue weighted by Gasteiger charge is 2.52. The van der Waals surface area contributed by atoms with Gasteiger partial charge in [-0.15, -0.1) is 12.4 Å². The lowest BCUT2D eigenvalue weighted by Crippen LogP contribution is -2.46. The molecule has 0 unspecified atom stereocenters. The first-order valence-corrected chi connectivity index (χ1v) is 3.64. The van der Waals surface area contributed by atoms with Crippen molar-refractivity contribution in [3.05, 3.63) is 0 Å². The molecule has 0 aromatic heterocycles. The van der Waals surface area contributed by atoms with Gasteiger partial charge in [-0.25, -0.2) is 0 Å². The van der Waals surface area contributed by atoms with Gasteiger partial charge in [-0.1, -0.05) is 6.92 Å². The highest BCUT2D eigenvalue weighted by Crippen LogP contribution is 2.51. The van der Waals surface area contributed by atoms with Gasteiger partial charge in [0.1, 0.15) is 0 Å². The summed E-state index contributed by atoms with van der Waals surface area (Å²) in [4.78, 5) is 0. The third-order valence-electron chi connectivity index (χ3n) is 2.43. The maximum absolute atomic E-state index is 11.9. The van der Waals surface area contributed by atoms with E-state index < -0.39 is 12.1 Å². The van der Waals surface area contributed by atoms with E-state index in [4.69, 9.17) is 5.73 Å². The molecule has 1 aliphatic carbocycles. The van der Waals surface area contributed by atoms with Crippen molar-refractivity contribution < 1.29 is 13.2 Å². The van der Waals surface area contributed by atoms with Gasteiger partial charge in [-0.3, -0.25) is 0 Å². The fourth-order valence-electron chi connectivity index (χ4n) is 1.53. The van der Waals surface area contributed by atoms with Gasteiger partial charge in [0.15, 0.2) is 0 Å². The molecular formula is C7H13ClF3N. The summed E-state index contributed by atoms with van der Waals surface area (Å²) in [5.41, 5.74) is 5.06. The summed E-state index contributed by atoms with van der Waals surface area (Å²) in [6, 6.07) is 0. The number of halogens is 4. The summed E-state index contributed by atoms with van der Waals surface area (Å²) < 4.78 is 35.8. The van der Waals surface area contributed by atoms with E-state index >= 15 is 0 Å². The third kappa shape index (κ3) is 2.26. The molecule has 1 rings (SSSR count). The van der Waals surface area contributed by atoms with Gasteiger partial charge in [0.25, 0.3) is 0 Å². The summed E-state index contributed by atoms with van der Waals surface area (Å²) in [7, 11) is 0. The first-order chi connectivity index (χ1) is 4.87. The molecule has 0 radical (unpaired) electrons. The molecule has 0 aliphatic heterocycles. The molecule has 0 aromatic rings. The normalized spacial score (nSPS) is 35.2. The van der Waals surface area contributed by atoms with Crippen molar-refractivity contribution in [2.75, 3.05) is 6.54 Å². The minimum Gasteiger partial charge on any atom is -0.330 e. The molecule has 0 amide bonds. The molecule has 0 spiro atoms. The average Bonchev–Trinajstić information content (AvgIpc) is 1.78. The van der Waals surface area contributed by atoms with Gasteiger partial charge in [0.2, 0.25) is 0 Å². The first-order valence-electron chi connectivity index (χ1n) is 3.64. The highest BCUT2D eigenvalue weighted by molar-refractivity contribution is 5.85. The van der Waals surface area contributed by atoms with Crippen LogP contribution >= 0.6 is 12.4 Å². The van der Waals surface area contributed by atoms with Crippen LogP contribution in [0.25, 0.3) is 0 Å². The van der Waals surface area contributed by atoms with E-state index in [1.165, 1.54) is 0 Å². The molecule has 5 heteroatoms. The fraction of sp³-hybridized carbons (Fsp3) is 1.00. The average molecular weight is 204 g/mol. The van der Waals surface area contributed by atoms with Crippen LogP contribution in [-0.4, -0.2) is 12.7 Å². The van der Waals surface area contributed by atoms with E-state index in [-0.39, 0.29) is 30.7 Å². The predicted molar refractivity (Wildman–Crippen MR) is 43.2 cm³/mol. The van der Waals surface area contributed by atoms with Gasteiger partial charge in [0, 0.05) is 0 Å². The van der Waals surface area contributed by atoms with Crippen molar-refractivity contribution in [1.82, 2.24) is 0 Å². The van der Waals surface area contributed by atoms with Crippen LogP contribution in [0.1, 0.15) is 19.8 Å². The molecule has 0 heterocycles. The Labute approximate surface area is 75.9 Å². The monoisotopic (exact) mass is 203 g/mol. The van der Waals surface area contributed by atoms with Crippen LogP contribution in [0.3, 0.4) is 0 Å². The van der Waals surface area contributed by atoms with E-state index in [1.54, 1.807) is 6.92 Å². The van der Waals surface area contributed by atoms with Crippen LogP contribution in [0.5, 0.6) is 0 Å². The molecule has 2 N–H and O–H groups in total. The van der Waals surface area contributed by atoms with Crippen molar-refractivity contribution in [3.8, 4) is 0 Å². The third-order valence-corrected chi connectivity index (χ3v) is 2.43. The summed E-state index contributed by atoms with van der Waals surface area (Å²) in [5, 5.41) is 0. The molecule has 1 aliphatic rings. The fourth-order valence-corrected chi connectivity index (χ4v) is 1.53. The molecule has 1 saturated carbocycles. The Kier molecular flexibility index (Phi) is 3.43. The van der Waals surface area contributed by atoms with Crippen LogP contribution < -0.4 is 5.73 Å². The molecular weight excluding hydrogens is 191 g/mol. The number of rotatable bonds is 1. The Morgan fingerprint density at radius 3 is 2.08 bits per heavy atom. The quantitative estimate of drug-likeness (QED) is 0.696. The molecule has 1 fully saturated rings. The maximum atomic E-state index is 11.9. The molecule has 0 atom stereocenters. The molecule has 0 saturated heterocycles. The van der Waals surface area contributed by atoms with Crippen LogP contribution in [-0.2, 0) is 0 Å². The maximum Gasteiger partial charge on any atom is 0.391 e. The minimum absolute atomic E-state index is 0. The lowest BCUT2D eigenvalue weighted by molar-refractivity contribution is -0.217. The second kappa shape index (κ2) is 3.42. The van der Waals surface area contributed by atoms with Crippen LogP contribution in [0, 0.1) is 11.3 Å². The van der Waals surface area contributed by atoms with E-state index in [9.17, 15) is 13.2 Å². The number of nitrogens with two attached hydrogens (primary N) is 1. The topological polar surface area (TPSA) is 26.0 Å². The van der Waals surface area contributed by atoms with Crippen LogP contribution in [0.2, 0.25) is 0 Å². The zero-order valence-electron chi connectivity index (χ0n) is 6.82. The van der Waals surface area contributed by atoms with E-state index in [2.05, 4.69) is 0 Å². The summed E-state index contributed by atoms with van der Waals surface area (Å²) in [6.45, 7) is 2.16. The van der Waals surface area contributed by atoms with Crippen molar-refractivity contribution in [2.45, 2.75) is 25.9 Å². The zero-order valence-corrected chi connectivity index (χ0v) is 7.63. The summed E-state index contributed by atoms with van der Waals surface area (Å²) in [6.07, 6.45) is -3.60. The lowest BCUT2D eigenvalue weighted by atomic mass is 9.63. The van der Waals surface area contributed by atoms with Crippen molar-refractivity contribution >= 4 is 12.4 Å². The van der Waals surface area contributed by atoms with E-state index in [0.717, 1.165) is 0 Å². The number of hydrogen-bond donors (Lipinski definition) is 1. The van der Waals surface area contributed by atoms with Gasteiger partial charge in [-0.05, 0) is 24.8 Å². The molecule has 0 bridgehead atoms. The minimum atomic E-state index is -4.01. The molecule has 74 valence electrons. The van der Waals surface area contributed by atoms with Crippen molar-refractivity contribution in [3.63, 3.8) is 0 Å². The smallest absolute Gasteiger partial charge is 0.330 e. The second-order valence-electron chi connectivity index (χ2n) is 3.66. The molecule has 12 heavy (non-hydrogen) atoms.